The zero-order valence-electron chi connectivity index (χ0n) is 13.3. The highest BCUT2D eigenvalue weighted by Crippen LogP contribution is 2.34. The molecule has 4 rings (SSSR count). The molecule has 24 heavy (non-hydrogen) atoms. The summed E-state index contributed by atoms with van der Waals surface area (Å²) in [4.78, 5) is 4.97. The van der Waals surface area contributed by atoms with Gasteiger partial charge in [0.15, 0.2) is 0 Å². The number of benzene rings is 2. The summed E-state index contributed by atoms with van der Waals surface area (Å²) in [5.74, 6) is 0. The number of pyridine rings is 1. The van der Waals surface area contributed by atoms with Crippen molar-refractivity contribution in [3.8, 4) is 22.4 Å². The highest BCUT2D eigenvalue weighted by Gasteiger charge is 2.21. The van der Waals surface area contributed by atoms with Gasteiger partial charge in [0.2, 0.25) is 0 Å². The molecule has 0 radical (unpaired) electrons. The third-order valence-corrected chi connectivity index (χ3v) is 4.49. The number of nitrogens with zero attached hydrogens (tertiary/aromatic N) is 2. The Balaban J connectivity index is 1.99. The molecule has 3 aromatic rings. The number of hydrogen-bond acceptors (Lipinski definition) is 3. The first-order valence-corrected chi connectivity index (χ1v) is 8.23. The first-order chi connectivity index (χ1) is 11.9. The van der Waals surface area contributed by atoms with Gasteiger partial charge in [-0.1, -0.05) is 65.8 Å². The number of aromatic nitrogens is 1. The molecule has 118 valence electrons. The average molecular weight is 314 g/mol. The van der Waals surface area contributed by atoms with Gasteiger partial charge in [0.25, 0.3) is 0 Å². The van der Waals surface area contributed by atoms with Crippen LogP contribution in [0.1, 0.15) is 24.1 Å². The molecule has 0 fully saturated rings. The Bertz CT molecular complexity index is 886. The predicted octanol–water partition coefficient (Wildman–Crippen LogP) is 4.93. The number of fused-ring (bicyclic) bond motifs is 1. The summed E-state index contributed by atoms with van der Waals surface area (Å²) in [5.41, 5.74) is 7.01. The van der Waals surface area contributed by atoms with Crippen LogP contribution in [0.3, 0.4) is 0 Å². The lowest BCUT2D eigenvalue weighted by Gasteiger charge is -2.20. The summed E-state index contributed by atoms with van der Waals surface area (Å²) in [7, 11) is 0. The molecule has 3 nitrogen and oxygen atoms in total. The van der Waals surface area contributed by atoms with E-state index in [4.69, 9.17) is 4.98 Å². The summed E-state index contributed by atoms with van der Waals surface area (Å²) in [6, 6.07) is 22.7. The van der Waals surface area contributed by atoms with E-state index in [9.17, 15) is 5.21 Å². The van der Waals surface area contributed by atoms with Crippen molar-refractivity contribution in [2.45, 2.75) is 19.3 Å². The molecule has 0 amide bonds. The molecule has 0 bridgehead atoms. The molecular weight excluding hydrogens is 296 g/mol. The SMILES string of the molecule is ON=C1CCCc2nc(-c3ccccc3)c(-c3ccccc3)cc21. The Morgan fingerprint density at radius 3 is 2.12 bits per heavy atom. The molecule has 0 spiro atoms. The molecule has 1 N–H and O–H groups in total. The Hall–Kier alpha value is -2.94. The van der Waals surface area contributed by atoms with Crippen LogP contribution in [0.25, 0.3) is 22.4 Å². The van der Waals surface area contributed by atoms with Crippen LogP contribution in [0.2, 0.25) is 0 Å². The minimum atomic E-state index is 0.737. The molecule has 0 aliphatic heterocycles. The lowest BCUT2D eigenvalue weighted by molar-refractivity contribution is 0.317. The zero-order valence-corrected chi connectivity index (χ0v) is 13.3. The van der Waals surface area contributed by atoms with Crippen LogP contribution in [0.4, 0.5) is 0 Å². The van der Waals surface area contributed by atoms with Gasteiger partial charge in [-0.2, -0.15) is 0 Å². The Labute approximate surface area is 141 Å². The third kappa shape index (κ3) is 2.58. The third-order valence-electron chi connectivity index (χ3n) is 4.49. The molecule has 1 aliphatic rings. The second-order valence-corrected chi connectivity index (χ2v) is 6.01. The van der Waals surface area contributed by atoms with Crippen molar-refractivity contribution in [3.05, 3.63) is 78.0 Å². The Morgan fingerprint density at radius 2 is 1.46 bits per heavy atom. The van der Waals surface area contributed by atoms with E-state index in [0.717, 1.165) is 58.6 Å². The maximum atomic E-state index is 9.35. The van der Waals surface area contributed by atoms with Crippen LogP contribution in [-0.4, -0.2) is 15.9 Å². The molecule has 0 unspecified atom stereocenters. The normalized spacial score (nSPS) is 15.2. The van der Waals surface area contributed by atoms with Gasteiger partial charge in [-0.3, -0.25) is 4.98 Å². The first-order valence-electron chi connectivity index (χ1n) is 8.23. The van der Waals surface area contributed by atoms with Crippen LogP contribution in [0.5, 0.6) is 0 Å². The van der Waals surface area contributed by atoms with E-state index in [2.05, 4.69) is 35.5 Å². The van der Waals surface area contributed by atoms with Crippen molar-refractivity contribution < 1.29 is 5.21 Å². The number of aryl methyl sites for hydroxylation is 1. The molecule has 3 heteroatoms. The fraction of sp³-hybridized carbons (Fsp3) is 0.143. The van der Waals surface area contributed by atoms with E-state index in [1.165, 1.54) is 0 Å². The van der Waals surface area contributed by atoms with E-state index in [0.29, 0.717) is 0 Å². The summed E-state index contributed by atoms with van der Waals surface area (Å²) < 4.78 is 0. The van der Waals surface area contributed by atoms with Crippen molar-refractivity contribution in [3.63, 3.8) is 0 Å². The van der Waals surface area contributed by atoms with Crippen molar-refractivity contribution in [1.82, 2.24) is 4.98 Å². The molecule has 1 aliphatic carbocycles. The van der Waals surface area contributed by atoms with Crippen molar-refractivity contribution in [1.29, 1.82) is 0 Å². The second kappa shape index (κ2) is 6.28. The van der Waals surface area contributed by atoms with Crippen LogP contribution in [0, 0.1) is 0 Å². The first kappa shape index (κ1) is 14.6. The van der Waals surface area contributed by atoms with Crippen LogP contribution in [-0.2, 0) is 6.42 Å². The second-order valence-electron chi connectivity index (χ2n) is 6.01. The minimum absolute atomic E-state index is 0.737. The van der Waals surface area contributed by atoms with Gasteiger partial charge in [-0.25, -0.2) is 0 Å². The summed E-state index contributed by atoms with van der Waals surface area (Å²) >= 11 is 0. The fourth-order valence-corrected chi connectivity index (χ4v) is 3.31. The molecule has 0 atom stereocenters. The lowest BCUT2D eigenvalue weighted by atomic mass is 9.89. The summed E-state index contributed by atoms with van der Waals surface area (Å²) in [6.07, 6.45) is 2.69. The van der Waals surface area contributed by atoms with E-state index >= 15 is 0 Å². The highest BCUT2D eigenvalue weighted by molar-refractivity contribution is 6.03. The lowest BCUT2D eigenvalue weighted by Crippen LogP contribution is -2.14. The molecule has 0 saturated carbocycles. The van der Waals surface area contributed by atoms with Crippen molar-refractivity contribution in [2.24, 2.45) is 5.16 Å². The quantitative estimate of drug-likeness (QED) is 0.538. The number of rotatable bonds is 2. The standard InChI is InChI=1S/C21H18N2O/c24-23-20-13-7-12-19-18(20)14-17(15-8-3-1-4-9-15)21(22-19)16-10-5-2-6-11-16/h1-6,8-11,14,24H,7,12-13H2. The topological polar surface area (TPSA) is 45.5 Å². The van der Waals surface area contributed by atoms with Crippen LogP contribution >= 0.6 is 0 Å². The molecular formula is C21H18N2O. The van der Waals surface area contributed by atoms with Crippen molar-refractivity contribution >= 4 is 5.71 Å². The summed E-state index contributed by atoms with van der Waals surface area (Å²) in [5, 5.41) is 12.8. The monoisotopic (exact) mass is 314 g/mol. The van der Waals surface area contributed by atoms with Crippen LogP contribution in [0.15, 0.2) is 71.9 Å². The van der Waals surface area contributed by atoms with Gasteiger partial charge in [-0.05, 0) is 30.9 Å². The molecule has 0 saturated heterocycles. The number of oxime groups is 1. The Morgan fingerprint density at radius 1 is 0.792 bits per heavy atom. The summed E-state index contributed by atoms with van der Waals surface area (Å²) in [6.45, 7) is 0. The molecule has 1 heterocycles. The smallest absolute Gasteiger partial charge is 0.0886 e. The maximum absolute atomic E-state index is 9.35. The minimum Gasteiger partial charge on any atom is -0.411 e. The fourth-order valence-electron chi connectivity index (χ4n) is 3.31. The van der Waals surface area contributed by atoms with Gasteiger partial charge in [0.1, 0.15) is 0 Å². The molecule has 1 aromatic heterocycles. The largest absolute Gasteiger partial charge is 0.411 e. The van der Waals surface area contributed by atoms with Gasteiger partial charge >= 0.3 is 0 Å². The molecule has 2 aromatic carbocycles. The van der Waals surface area contributed by atoms with E-state index in [1.807, 2.05) is 36.4 Å². The van der Waals surface area contributed by atoms with E-state index in [1.54, 1.807) is 0 Å². The van der Waals surface area contributed by atoms with Crippen molar-refractivity contribution in [2.75, 3.05) is 0 Å². The van der Waals surface area contributed by atoms with E-state index < -0.39 is 0 Å². The maximum Gasteiger partial charge on any atom is 0.0886 e. The van der Waals surface area contributed by atoms with Crippen LogP contribution < -0.4 is 0 Å². The average Bonchev–Trinajstić information content (AvgIpc) is 2.68. The zero-order chi connectivity index (χ0) is 16.4. The van der Waals surface area contributed by atoms with Gasteiger partial charge in [0, 0.05) is 16.7 Å². The highest BCUT2D eigenvalue weighted by atomic mass is 16.4. The Kier molecular flexibility index (Phi) is 3.83. The van der Waals surface area contributed by atoms with Gasteiger partial charge in [-0.15, -0.1) is 0 Å². The predicted molar refractivity (Wildman–Crippen MR) is 96.4 cm³/mol. The van der Waals surface area contributed by atoms with Gasteiger partial charge in [0.05, 0.1) is 17.1 Å². The number of hydrogen-bond donors (Lipinski definition) is 1. The van der Waals surface area contributed by atoms with E-state index in [-0.39, 0.29) is 0 Å². The van der Waals surface area contributed by atoms with Gasteiger partial charge < -0.3 is 5.21 Å².